The first-order valence-electron chi connectivity index (χ1n) is 7.26. The number of carbonyl (C=O) groups is 1. The average Bonchev–Trinajstić information content (AvgIpc) is 2.37. The highest BCUT2D eigenvalue weighted by atomic mass is 16.5. The van der Waals surface area contributed by atoms with Crippen LogP contribution >= 0.6 is 0 Å². The van der Waals surface area contributed by atoms with Crippen LogP contribution in [0.3, 0.4) is 0 Å². The lowest BCUT2D eigenvalue weighted by molar-refractivity contribution is -0.132. The number of rotatable bonds is 4. The van der Waals surface area contributed by atoms with E-state index in [1.54, 1.807) is 6.08 Å². The molecule has 1 fully saturated rings. The van der Waals surface area contributed by atoms with Crippen LogP contribution in [-0.4, -0.2) is 23.3 Å². The minimum atomic E-state index is -0.844. The van der Waals surface area contributed by atoms with Crippen molar-refractivity contribution in [2.75, 3.05) is 6.61 Å². The van der Waals surface area contributed by atoms with Crippen LogP contribution in [-0.2, 0) is 9.53 Å². The number of hydrogen-bond acceptors (Lipinski definition) is 2. The van der Waals surface area contributed by atoms with Gasteiger partial charge in [0, 0.05) is 6.42 Å². The summed E-state index contributed by atoms with van der Waals surface area (Å²) < 4.78 is 6.09. The lowest BCUT2D eigenvalue weighted by Gasteiger charge is -2.33. The highest BCUT2D eigenvalue weighted by Gasteiger charge is 2.29. The first-order chi connectivity index (χ1) is 9.00. The van der Waals surface area contributed by atoms with Gasteiger partial charge in [-0.2, -0.15) is 0 Å². The summed E-state index contributed by atoms with van der Waals surface area (Å²) in [5.41, 5.74) is 0.986. The standard InChI is InChI=1S/C16H24O3/c1-12-10-16(2,9-8-14(12)15(17)18)19-11-13-6-4-3-5-7-13/h8-9,13H,3-7,10-11H2,1-2H3,(H,17,18). The number of carboxylic acid groups (broad SMARTS) is 1. The SMILES string of the molecule is CC1=C(C(=O)O)C=CC(C)(OCC2CCCCC2)C1. The molecular weight excluding hydrogens is 240 g/mol. The molecule has 1 unspecified atom stereocenters. The van der Waals surface area contributed by atoms with Gasteiger partial charge in [0.05, 0.1) is 17.8 Å². The summed E-state index contributed by atoms with van der Waals surface area (Å²) in [5.74, 6) is -0.160. The van der Waals surface area contributed by atoms with Crippen molar-refractivity contribution in [1.82, 2.24) is 0 Å². The van der Waals surface area contributed by atoms with E-state index >= 15 is 0 Å². The summed E-state index contributed by atoms with van der Waals surface area (Å²) in [4.78, 5) is 11.0. The van der Waals surface area contributed by atoms with Gasteiger partial charge in [-0.1, -0.05) is 30.9 Å². The van der Waals surface area contributed by atoms with E-state index in [1.807, 2.05) is 13.0 Å². The highest BCUT2D eigenvalue weighted by Crippen LogP contribution is 2.32. The van der Waals surface area contributed by atoms with Gasteiger partial charge in [-0.15, -0.1) is 0 Å². The molecule has 0 heterocycles. The third kappa shape index (κ3) is 3.69. The van der Waals surface area contributed by atoms with Crippen LogP contribution in [0, 0.1) is 5.92 Å². The molecule has 0 aromatic carbocycles. The van der Waals surface area contributed by atoms with E-state index in [0.717, 1.165) is 12.2 Å². The van der Waals surface area contributed by atoms with E-state index in [4.69, 9.17) is 9.84 Å². The predicted molar refractivity (Wildman–Crippen MR) is 75.0 cm³/mol. The van der Waals surface area contributed by atoms with Crippen LogP contribution in [0.1, 0.15) is 52.4 Å². The largest absolute Gasteiger partial charge is 0.478 e. The summed E-state index contributed by atoms with van der Waals surface area (Å²) in [6.45, 7) is 4.74. The minimum Gasteiger partial charge on any atom is -0.478 e. The number of carboxylic acids is 1. The molecule has 0 radical (unpaired) electrons. The van der Waals surface area contributed by atoms with E-state index in [-0.39, 0.29) is 5.60 Å². The molecule has 0 bridgehead atoms. The molecule has 0 aromatic heterocycles. The van der Waals surface area contributed by atoms with Gasteiger partial charge in [-0.25, -0.2) is 4.79 Å². The second kappa shape index (κ2) is 5.91. The Morgan fingerprint density at radius 3 is 2.68 bits per heavy atom. The Morgan fingerprint density at radius 2 is 2.11 bits per heavy atom. The molecule has 3 heteroatoms. The lowest BCUT2D eigenvalue weighted by Crippen LogP contribution is -2.32. The van der Waals surface area contributed by atoms with Crippen LogP contribution < -0.4 is 0 Å². The summed E-state index contributed by atoms with van der Waals surface area (Å²) in [6, 6.07) is 0. The molecular formula is C16H24O3. The van der Waals surface area contributed by atoms with E-state index in [1.165, 1.54) is 32.1 Å². The zero-order chi connectivity index (χ0) is 13.9. The Hall–Kier alpha value is -1.09. The molecule has 2 aliphatic rings. The number of ether oxygens (including phenoxy) is 1. The summed E-state index contributed by atoms with van der Waals surface area (Å²) in [5, 5.41) is 9.06. The minimum absolute atomic E-state index is 0.333. The highest BCUT2D eigenvalue weighted by molar-refractivity contribution is 5.91. The van der Waals surface area contributed by atoms with Crippen molar-refractivity contribution in [3.05, 3.63) is 23.3 Å². The van der Waals surface area contributed by atoms with Crippen molar-refractivity contribution >= 4 is 5.97 Å². The second-order valence-corrected chi connectivity index (χ2v) is 6.14. The van der Waals surface area contributed by atoms with Gasteiger partial charge in [0.2, 0.25) is 0 Å². The molecule has 19 heavy (non-hydrogen) atoms. The van der Waals surface area contributed by atoms with Crippen molar-refractivity contribution in [3.8, 4) is 0 Å². The molecule has 1 N–H and O–H groups in total. The molecule has 0 saturated heterocycles. The number of hydrogen-bond donors (Lipinski definition) is 1. The Balaban J connectivity index is 1.91. The molecule has 106 valence electrons. The Kier molecular flexibility index (Phi) is 4.46. The maximum Gasteiger partial charge on any atom is 0.335 e. The van der Waals surface area contributed by atoms with E-state index in [2.05, 4.69) is 6.92 Å². The van der Waals surface area contributed by atoms with Crippen molar-refractivity contribution in [2.24, 2.45) is 5.92 Å². The lowest BCUT2D eigenvalue weighted by atomic mass is 9.87. The third-order valence-corrected chi connectivity index (χ3v) is 4.28. The molecule has 0 spiro atoms. The maximum atomic E-state index is 11.0. The fourth-order valence-electron chi connectivity index (χ4n) is 3.10. The van der Waals surface area contributed by atoms with E-state index in [9.17, 15) is 4.79 Å². The van der Waals surface area contributed by atoms with Gasteiger partial charge in [0.1, 0.15) is 0 Å². The second-order valence-electron chi connectivity index (χ2n) is 6.14. The summed E-state index contributed by atoms with van der Waals surface area (Å²) in [6.07, 6.45) is 10.8. The maximum absolute atomic E-state index is 11.0. The van der Waals surface area contributed by atoms with Gasteiger partial charge in [-0.3, -0.25) is 0 Å². The third-order valence-electron chi connectivity index (χ3n) is 4.28. The molecule has 1 saturated carbocycles. The fourth-order valence-corrected chi connectivity index (χ4v) is 3.10. The van der Waals surface area contributed by atoms with Crippen molar-refractivity contribution in [1.29, 1.82) is 0 Å². The molecule has 0 aliphatic heterocycles. The Bertz CT molecular complexity index is 402. The quantitative estimate of drug-likeness (QED) is 0.842. The zero-order valence-corrected chi connectivity index (χ0v) is 11.9. The van der Waals surface area contributed by atoms with Crippen molar-refractivity contribution in [2.45, 2.75) is 58.0 Å². The normalized spacial score (nSPS) is 28.7. The zero-order valence-electron chi connectivity index (χ0n) is 11.9. The molecule has 0 amide bonds. The van der Waals surface area contributed by atoms with Gasteiger partial charge < -0.3 is 9.84 Å². The first-order valence-corrected chi connectivity index (χ1v) is 7.26. The van der Waals surface area contributed by atoms with Crippen molar-refractivity contribution < 1.29 is 14.6 Å². The van der Waals surface area contributed by atoms with E-state index < -0.39 is 5.97 Å². The summed E-state index contributed by atoms with van der Waals surface area (Å²) >= 11 is 0. The fraction of sp³-hybridized carbons (Fsp3) is 0.688. The summed E-state index contributed by atoms with van der Waals surface area (Å²) in [7, 11) is 0. The molecule has 1 atom stereocenters. The Morgan fingerprint density at radius 1 is 1.42 bits per heavy atom. The van der Waals surface area contributed by atoms with Crippen LogP contribution in [0.4, 0.5) is 0 Å². The van der Waals surface area contributed by atoms with Gasteiger partial charge >= 0.3 is 5.97 Å². The van der Waals surface area contributed by atoms with Crippen LogP contribution in [0.2, 0.25) is 0 Å². The van der Waals surface area contributed by atoms with Gasteiger partial charge in [-0.05, 0) is 38.7 Å². The first kappa shape index (κ1) is 14.3. The Labute approximate surface area is 115 Å². The van der Waals surface area contributed by atoms with E-state index in [0.29, 0.717) is 17.9 Å². The predicted octanol–water partition coefficient (Wildman–Crippen LogP) is 3.70. The van der Waals surface area contributed by atoms with Crippen molar-refractivity contribution in [3.63, 3.8) is 0 Å². The average molecular weight is 264 g/mol. The number of aliphatic carboxylic acids is 1. The van der Waals surface area contributed by atoms with Crippen LogP contribution in [0.5, 0.6) is 0 Å². The van der Waals surface area contributed by atoms with Crippen LogP contribution in [0.15, 0.2) is 23.3 Å². The van der Waals surface area contributed by atoms with Gasteiger partial charge in [0.15, 0.2) is 0 Å². The smallest absolute Gasteiger partial charge is 0.335 e. The van der Waals surface area contributed by atoms with Crippen LogP contribution in [0.25, 0.3) is 0 Å². The molecule has 0 aromatic rings. The monoisotopic (exact) mass is 264 g/mol. The molecule has 2 aliphatic carbocycles. The molecule has 3 nitrogen and oxygen atoms in total. The van der Waals surface area contributed by atoms with Gasteiger partial charge in [0.25, 0.3) is 0 Å². The topological polar surface area (TPSA) is 46.5 Å². The molecule has 2 rings (SSSR count).